The van der Waals surface area contributed by atoms with Gasteiger partial charge in [0.15, 0.2) is 0 Å². The molecule has 4 heteroatoms. The van der Waals surface area contributed by atoms with Gasteiger partial charge >= 0.3 is 5.97 Å². The first-order valence-corrected chi connectivity index (χ1v) is 12.0. The van der Waals surface area contributed by atoms with Crippen molar-refractivity contribution >= 4 is 12.0 Å². The molecule has 174 valence electrons. The third-order valence-corrected chi connectivity index (χ3v) is 7.11. The molecule has 3 rings (SSSR count). The molecule has 32 heavy (non-hydrogen) atoms. The number of hydrogen-bond acceptors (Lipinski definition) is 4. The number of hydrogen-bond donors (Lipinski definition) is 1. The number of esters is 1. The molecule has 1 fully saturated rings. The van der Waals surface area contributed by atoms with Crippen LogP contribution in [0.2, 0.25) is 0 Å². The molecule has 3 atom stereocenters. The zero-order valence-electron chi connectivity index (χ0n) is 20.2. The summed E-state index contributed by atoms with van der Waals surface area (Å²) in [6.45, 7) is 11.3. The van der Waals surface area contributed by atoms with Gasteiger partial charge in [0, 0.05) is 22.5 Å². The minimum Gasteiger partial charge on any atom is -0.493 e. The van der Waals surface area contributed by atoms with E-state index in [1.807, 2.05) is 25.2 Å². The van der Waals surface area contributed by atoms with Crippen molar-refractivity contribution in [3.63, 3.8) is 0 Å². The largest absolute Gasteiger partial charge is 0.493 e. The van der Waals surface area contributed by atoms with Crippen LogP contribution >= 0.6 is 0 Å². The highest BCUT2D eigenvalue weighted by Gasteiger charge is 2.57. The maximum Gasteiger partial charge on any atom is 0.330 e. The second-order valence-corrected chi connectivity index (χ2v) is 9.59. The lowest BCUT2D eigenvalue weighted by atomic mass is 9.66. The molecule has 3 unspecified atom stereocenters. The predicted molar refractivity (Wildman–Crippen MR) is 130 cm³/mol. The maximum absolute atomic E-state index is 11.6. The molecular formula is C28H38O4. The van der Waals surface area contributed by atoms with Crippen molar-refractivity contribution in [2.45, 2.75) is 83.7 Å². The number of fused-ring (bicyclic) bond motifs is 5. The molecule has 1 N–H and O–H groups in total. The van der Waals surface area contributed by atoms with E-state index in [2.05, 4.69) is 39.0 Å². The van der Waals surface area contributed by atoms with Gasteiger partial charge in [0.2, 0.25) is 0 Å². The van der Waals surface area contributed by atoms with E-state index in [1.165, 1.54) is 17.2 Å². The van der Waals surface area contributed by atoms with Crippen molar-refractivity contribution in [1.29, 1.82) is 0 Å². The van der Waals surface area contributed by atoms with Crippen LogP contribution in [0.15, 0.2) is 42.0 Å². The Kier molecular flexibility index (Phi) is 7.66. The van der Waals surface area contributed by atoms with Crippen LogP contribution in [0.4, 0.5) is 0 Å². The summed E-state index contributed by atoms with van der Waals surface area (Å²) in [6, 6.07) is 4.40. The summed E-state index contributed by atoms with van der Waals surface area (Å²) in [4.78, 5) is 11.6. The number of benzene rings is 1. The molecule has 0 saturated heterocycles. The quantitative estimate of drug-likeness (QED) is 0.222. The van der Waals surface area contributed by atoms with Gasteiger partial charge in [0.1, 0.15) is 5.75 Å². The van der Waals surface area contributed by atoms with Crippen LogP contribution in [0.5, 0.6) is 5.75 Å². The highest BCUT2D eigenvalue weighted by atomic mass is 16.5. The second-order valence-electron chi connectivity index (χ2n) is 9.59. The lowest BCUT2D eigenvalue weighted by Crippen LogP contribution is -2.46. The number of aliphatic hydroxyl groups is 1. The zero-order valence-corrected chi connectivity index (χ0v) is 20.2. The zero-order chi connectivity index (χ0) is 23.4. The molecule has 0 spiro atoms. The van der Waals surface area contributed by atoms with Crippen LogP contribution in [-0.4, -0.2) is 30.4 Å². The Morgan fingerprint density at radius 2 is 1.84 bits per heavy atom. The Labute approximate surface area is 193 Å². The number of allylic oxidation sites excluding steroid dienone is 4. The van der Waals surface area contributed by atoms with Gasteiger partial charge in [-0.25, -0.2) is 4.79 Å². The molecule has 1 saturated carbocycles. The molecule has 2 bridgehead atoms. The molecule has 1 aromatic rings. The van der Waals surface area contributed by atoms with E-state index in [4.69, 9.17) is 9.47 Å². The third kappa shape index (κ3) is 4.71. The first kappa shape index (κ1) is 24.3. The van der Waals surface area contributed by atoms with Crippen LogP contribution in [-0.2, 0) is 20.4 Å². The van der Waals surface area contributed by atoms with Crippen molar-refractivity contribution in [2.75, 3.05) is 13.2 Å². The van der Waals surface area contributed by atoms with Gasteiger partial charge in [-0.3, -0.25) is 0 Å². The first-order chi connectivity index (χ1) is 15.3. The summed E-state index contributed by atoms with van der Waals surface area (Å²) in [7, 11) is 0. The molecule has 0 aliphatic heterocycles. The van der Waals surface area contributed by atoms with Gasteiger partial charge in [0.25, 0.3) is 0 Å². The number of rotatable bonds is 9. The van der Waals surface area contributed by atoms with E-state index in [0.717, 1.165) is 49.0 Å². The summed E-state index contributed by atoms with van der Waals surface area (Å²) >= 11 is 0. The van der Waals surface area contributed by atoms with Crippen molar-refractivity contribution in [2.24, 2.45) is 0 Å². The monoisotopic (exact) mass is 438 g/mol. The SMILES string of the molecule is CCCCOc1cc2c(cc1/C=C/C=C/C(C)=C/C(=O)OCC)C1(C)CCCC2(C)C1O. The van der Waals surface area contributed by atoms with Crippen molar-refractivity contribution < 1.29 is 19.4 Å². The fourth-order valence-electron chi connectivity index (χ4n) is 5.27. The normalized spacial score (nSPS) is 27.2. The van der Waals surface area contributed by atoms with Crippen LogP contribution in [0.25, 0.3) is 6.08 Å². The highest BCUT2D eigenvalue weighted by molar-refractivity contribution is 5.83. The van der Waals surface area contributed by atoms with E-state index < -0.39 is 0 Å². The van der Waals surface area contributed by atoms with Crippen LogP contribution in [0.3, 0.4) is 0 Å². The second kappa shape index (κ2) is 10.1. The molecule has 0 amide bonds. The summed E-state index contributed by atoms with van der Waals surface area (Å²) in [5.41, 5.74) is 3.96. The smallest absolute Gasteiger partial charge is 0.330 e. The van der Waals surface area contributed by atoms with Gasteiger partial charge in [-0.05, 0) is 61.9 Å². The lowest BCUT2D eigenvalue weighted by molar-refractivity contribution is -0.137. The Morgan fingerprint density at radius 3 is 2.50 bits per heavy atom. The maximum atomic E-state index is 11.6. The van der Waals surface area contributed by atoms with Crippen molar-refractivity contribution in [1.82, 2.24) is 0 Å². The molecule has 0 aromatic heterocycles. The average Bonchev–Trinajstić information content (AvgIpc) is 2.83. The van der Waals surface area contributed by atoms with E-state index in [0.29, 0.717) is 13.2 Å². The minimum atomic E-state index is -0.364. The van der Waals surface area contributed by atoms with E-state index in [9.17, 15) is 9.90 Å². The highest BCUT2D eigenvalue weighted by Crippen LogP contribution is 2.58. The van der Waals surface area contributed by atoms with Gasteiger partial charge < -0.3 is 14.6 Å². The average molecular weight is 439 g/mol. The molecule has 2 aliphatic carbocycles. The van der Waals surface area contributed by atoms with Crippen molar-refractivity contribution in [3.8, 4) is 5.75 Å². The fraction of sp³-hybridized carbons (Fsp3) is 0.536. The van der Waals surface area contributed by atoms with Crippen LogP contribution < -0.4 is 4.74 Å². The van der Waals surface area contributed by atoms with E-state index >= 15 is 0 Å². The predicted octanol–water partition coefficient (Wildman–Crippen LogP) is 6.02. The Balaban J connectivity index is 1.91. The summed E-state index contributed by atoms with van der Waals surface area (Å²) in [5.74, 6) is 0.556. The number of unbranched alkanes of at least 4 members (excludes halogenated alkanes) is 1. The van der Waals surface area contributed by atoms with Gasteiger partial charge in [-0.2, -0.15) is 0 Å². The molecule has 4 nitrogen and oxygen atoms in total. The molecule has 0 radical (unpaired) electrons. The Morgan fingerprint density at radius 1 is 1.16 bits per heavy atom. The minimum absolute atomic E-state index is 0.206. The van der Waals surface area contributed by atoms with Gasteiger partial charge in [-0.15, -0.1) is 0 Å². The Bertz CT molecular complexity index is 926. The molecule has 2 aliphatic rings. The standard InChI is InChI=1S/C28H38O4/c1-6-8-16-32-24-19-23-22(27(4)14-11-15-28(23,5)26(27)30)18-21(24)13-10-9-12-20(3)17-25(29)31-7-2/h9-10,12-13,17-19,26,30H,6-8,11,14-16H2,1-5H3/b12-9+,13-10+,20-17+. The Hall–Kier alpha value is -2.33. The first-order valence-electron chi connectivity index (χ1n) is 12.0. The number of carbonyl (C=O) groups is 1. The summed E-state index contributed by atoms with van der Waals surface area (Å²) in [6.07, 6.45) is 14.2. The van der Waals surface area contributed by atoms with E-state index in [-0.39, 0.29) is 22.9 Å². The van der Waals surface area contributed by atoms with Gasteiger partial charge in [0.05, 0.1) is 19.3 Å². The lowest BCUT2D eigenvalue weighted by Gasteiger charge is -2.41. The summed E-state index contributed by atoms with van der Waals surface area (Å²) in [5, 5.41) is 11.2. The van der Waals surface area contributed by atoms with E-state index in [1.54, 1.807) is 6.92 Å². The molecule has 1 aromatic carbocycles. The number of aliphatic hydroxyl groups excluding tert-OH is 1. The third-order valence-electron chi connectivity index (χ3n) is 7.11. The number of ether oxygens (including phenoxy) is 2. The topological polar surface area (TPSA) is 55.8 Å². The van der Waals surface area contributed by atoms with Crippen molar-refractivity contribution in [3.05, 3.63) is 58.7 Å². The fourth-order valence-corrected chi connectivity index (χ4v) is 5.27. The molecular weight excluding hydrogens is 400 g/mol. The van der Waals surface area contributed by atoms with Gasteiger partial charge in [-0.1, -0.05) is 57.9 Å². The van der Waals surface area contributed by atoms with Crippen LogP contribution in [0.1, 0.15) is 83.4 Å². The van der Waals surface area contributed by atoms with Crippen LogP contribution in [0, 0.1) is 0 Å². The molecule has 0 heterocycles. The number of carbonyl (C=O) groups excluding carboxylic acids is 1. The summed E-state index contributed by atoms with van der Waals surface area (Å²) < 4.78 is 11.1.